The van der Waals surface area contributed by atoms with E-state index in [1.807, 2.05) is 78.9 Å². The molecule has 1 aliphatic heterocycles. The van der Waals surface area contributed by atoms with E-state index in [1.54, 1.807) is 11.8 Å². The van der Waals surface area contributed by atoms with E-state index in [9.17, 15) is 9.90 Å². The Morgan fingerprint density at radius 3 is 2.33 bits per heavy atom. The molecule has 48 heavy (non-hydrogen) atoms. The molecule has 8 heteroatoms. The lowest BCUT2D eigenvalue weighted by Crippen LogP contribution is -2.31. The number of hydrogen-bond donors (Lipinski definition) is 2. The molecule has 0 radical (unpaired) electrons. The summed E-state index contributed by atoms with van der Waals surface area (Å²) in [6.07, 6.45) is 1.51. The van der Waals surface area contributed by atoms with E-state index in [2.05, 4.69) is 63.8 Å². The van der Waals surface area contributed by atoms with Crippen LogP contribution in [0.3, 0.4) is 0 Å². The number of carbonyl (C=O) groups is 1. The molecular weight excluding hydrogens is 619 g/mol. The Hall–Kier alpha value is -4.86. The molecule has 5 aromatic carbocycles. The highest BCUT2D eigenvalue weighted by molar-refractivity contribution is 7.99. The highest BCUT2D eigenvalue weighted by Crippen LogP contribution is 2.40. The SMILES string of the molecule is O=C(NCc1cccc(-c2cccc([C@H]3O[C@@H](CSc4ccccc4)C[C@@H](c4ccc(CO)cc4)O3)c2)c1)c1cnc2ccccc2n1. The fourth-order valence-electron chi connectivity index (χ4n) is 5.79. The number of aliphatic hydroxyl groups excluding tert-OH is 1. The van der Waals surface area contributed by atoms with Crippen LogP contribution >= 0.6 is 11.8 Å². The zero-order chi connectivity index (χ0) is 32.7. The number of ether oxygens (including phenoxy) is 2. The third-order valence-corrected chi connectivity index (χ3v) is 9.49. The van der Waals surface area contributed by atoms with Gasteiger partial charge in [0.2, 0.25) is 0 Å². The van der Waals surface area contributed by atoms with E-state index in [1.165, 1.54) is 11.1 Å². The van der Waals surface area contributed by atoms with Crippen LogP contribution in [0.1, 0.15) is 51.6 Å². The molecule has 3 atom stereocenters. The average molecular weight is 654 g/mol. The van der Waals surface area contributed by atoms with E-state index in [4.69, 9.17) is 9.47 Å². The normalized spacial score (nSPS) is 17.6. The van der Waals surface area contributed by atoms with Gasteiger partial charge in [0, 0.05) is 29.2 Å². The smallest absolute Gasteiger partial charge is 0.271 e. The standard InChI is InChI=1S/C40H35N3O4S/c44-25-27-16-18-29(19-17-27)38-22-33(26-48-34-12-2-1-3-13-34)46-40(47-38)32-11-7-10-31(21-32)30-9-6-8-28(20-30)23-42-39(45)37-24-41-35-14-4-5-15-36(35)43-37/h1-21,24,33,38,40,44H,22-23,25-26H2,(H,42,45)/t33-,38+,40+/m1/s1. The van der Waals surface area contributed by atoms with Gasteiger partial charge in [0.05, 0.1) is 36.0 Å². The van der Waals surface area contributed by atoms with Gasteiger partial charge in [-0.05, 0) is 64.2 Å². The third-order valence-electron chi connectivity index (χ3n) is 8.35. The molecular formula is C40H35N3O4S. The van der Waals surface area contributed by atoms with Gasteiger partial charge < -0.3 is 19.9 Å². The molecule has 1 aromatic heterocycles. The predicted octanol–water partition coefficient (Wildman–Crippen LogP) is 8.06. The van der Waals surface area contributed by atoms with Crippen LogP contribution in [0, 0.1) is 0 Å². The molecule has 0 spiro atoms. The second-order valence-electron chi connectivity index (χ2n) is 11.7. The number of thioether (sulfide) groups is 1. The van der Waals surface area contributed by atoms with Crippen molar-refractivity contribution in [1.29, 1.82) is 0 Å². The molecule has 240 valence electrons. The predicted molar refractivity (Wildman–Crippen MR) is 188 cm³/mol. The van der Waals surface area contributed by atoms with Crippen molar-refractivity contribution in [3.63, 3.8) is 0 Å². The van der Waals surface area contributed by atoms with Crippen molar-refractivity contribution in [2.24, 2.45) is 0 Å². The Morgan fingerprint density at radius 2 is 1.52 bits per heavy atom. The molecule has 1 amide bonds. The topological polar surface area (TPSA) is 93.6 Å². The number of rotatable bonds is 10. The molecule has 2 heterocycles. The van der Waals surface area contributed by atoms with Crippen molar-refractivity contribution >= 4 is 28.7 Å². The quantitative estimate of drug-likeness (QED) is 0.145. The van der Waals surface area contributed by atoms with E-state index >= 15 is 0 Å². The first-order valence-electron chi connectivity index (χ1n) is 16.0. The molecule has 1 fully saturated rings. The Labute approximate surface area is 284 Å². The van der Waals surface area contributed by atoms with Gasteiger partial charge in [-0.3, -0.25) is 9.78 Å². The number of fused-ring (bicyclic) bond motifs is 1. The number of benzene rings is 5. The zero-order valence-electron chi connectivity index (χ0n) is 26.2. The van der Waals surface area contributed by atoms with Crippen LogP contribution < -0.4 is 5.32 Å². The number of carbonyl (C=O) groups excluding carboxylic acids is 1. The maximum Gasteiger partial charge on any atom is 0.271 e. The van der Waals surface area contributed by atoms with Crippen molar-refractivity contribution < 1.29 is 19.4 Å². The molecule has 7 nitrogen and oxygen atoms in total. The maximum absolute atomic E-state index is 12.9. The highest BCUT2D eigenvalue weighted by atomic mass is 32.2. The van der Waals surface area contributed by atoms with Gasteiger partial charge in [-0.15, -0.1) is 11.8 Å². The Kier molecular flexibility index (Phi) is 9.86. The molecule has 0 saturated carbocycles. The monoisotopic (exact) mass is 653 g/mol. The first kappa shape index (κ1) is 31.7. The summed E-state index contributed by atoms with van der Waals surface area (Å²) >= 11 is 1.78. The molecule has 0 unspecified atom stereocenters. The number of hydrogen-bond acceptors (Lipinski definition) is 7. The summed E-state index contributed by atoms with van der Waals surface area (Å²) in [7, 11) is 0. The minimum atomic E-state index is -0.548. The molecule has 0 aliphatic carbocycles. The molecule has 1 saturated heterocycles. The second kappa shape index (κ2) is 14.9. The van der Waals surface area contributed by atoms with Gasteiger partial charge >= 0.3 is 0 Å². The maximum atomic E-state index is 12.9. The average Bonchev–Trinajstić information content (AvgIpc) is 3.16. The van der Waals surface area contributed by atoms with E-state index in [0.29, 0.717) is 12.1 Å². The molecule has 2 N–H and O–H groups in total. The van der Waals surface area contributed by atoms with Crippen LogP contribution in [0.5, 0.6) is 0 Å². The van der Waals surface area contributed by atoms with E-state index in [-0.39, 0.29) is 30.4 Å². The van der Waals surface area contributed by atoms with Gasteiger partial charge in [0.15, 0.2) is 6.29 Å². The van der Waals surface area contributed by atoms with Crippen LogP contribution in [0.2, 0.25) is 0 Å². The number of nitrogens with zero attached hydrogens (tertiary/aromatic N) is 2. The van der Waals surface area contributed by atoms with Gasteiger partial charge in [-0.1, -0.05) is 91.0 Å². The van der Waals surface area contributed by atoms with Crippen molar-refractivity contribution in [1.82, 2.24) is 15.3 Å². The third kappa shape index (κ3) is 7.64. The molecule has 6 aromatic rings. The number of aliphatic hydroxyl groups is 1. The van der Waals surface area contributed by atoms with Crippen LogP contribution in [0.25, 0.3) is 22.2 Å². The van der Waals surface area contributed by atoms with Crippen molar-refractivity contribution in [2.75, 3.05) is 5.75 Å². The summed E-state index contributed by atoms with van der Waals surface area (Å²) in [6.45, 7) is 0.362. The van der Waals surface area contributed by atoms with Crippen LogP contribution in [-0.4, -0.2) is 32.8 Å². The summed E-state index contributed by atoms with van der Waals surface area (Å²) in [5, 5.41) is 12.5. The van der Waals surface area contributed by atoms with Gasteiger partial charge in [-0.2, -0.15) is 0 Å². The Balaban J connectivity index is 1.07. The molecule has 7 rings (SSSR count). The lowest BCUT2D eigenvalue weighted by molar-refractivity contribution is -0.245. The van der Waals surface area contributed by atoms with Gasteiger partial charge in [-0.25, -0.2) is 4.98 Å². The van der Waals surface area contributed by atoms with E-state index < -0.39 is 6.29 Å². The first-order valence-corrected chi connectivity index (χ1v) is 17.0. The van der Waals surface area contributed by atoms with Crippen LogP contribution in [-0.2, 0) is 22.6 Å². The largest absolute Gasteiger partial charge is 0.392 e. The number of nitrogens with one attached hydrogen (secondary N) is 1. The lowest BCUT2D eigenvalue weighted by Gasteiger charge is -2.36. The van der Waals surface area contributed by atoms with Gasteiger partial charge in [0.25, 0.3) is 5.91 Å². The fraction of sp³-hybridized carbons (Fsp3) is 0.175. The summed E-state index contributed by atoms with van der Waals surface area (Å²) in [6, 6.07) is 42.2. The van der Waals surface area contributed by atoms with Crippen molar-refractivity contribution in [3.8, 4) is 11.1 Å². The van der Waals surface area contributed by atoms with Crippen LogP contribution in [0.15, 0.2) is 138 Å². The summed E-state index contributed by atoms with van der Waals surface area (Å²) < 4.78 is 13.2. The minimum absolute atomic E-state index is 0.00732. The summed E-state index contributed by atoms with van der Waals surface area (Å²) in [4.78, 5) is 22.9. The van der Waals surface area contributed by atoms with Crippen molar-refractivity contribution in [2.45, 2.75) is 43.0 Å². The first-order chi connectivity index (χ1) is 23.6. The van der Waals surface area contributed by atoms with E-state index in [0.717, 1.165) is 51.1 Å². The number of amides is 1. The summed E-state index contributed by atoms with van der Waals surface area (Å²) in [5.41, 5.74) is 7.61. The Morgan fingerprint density at radius 1 is 0.771 bits per heavy atom. The highest BCUT2D eigenvalue weighted by Gasteiger charge is 2.32. The van der Waals surface area contributed by atoms with Crippen LogP contribution in [0.4, 0.5) is 0 Å². The lowest BCUT2D eigenvalue weighted by atomic mass is 9.99. The zero-order valence-corrected chi connectivity index (χ0v) is 27.1. The molecule has 1 aliphatic rings. The Bertz CT molecular complexity index is 2000. The molecule has 0 bridgehead atoms. The number of para-hydroxylation sites is 2. The number of aromatic nitrogens is 2. The fourth-order valence-corrected chi connectivity index (χ4v) is 6.74. The van der Waals surface area contributed by atoms with Gasteiger partial charge in [0.1, 0.15) is 5.69 Å². The summed E-state index contributed by atoms with van der Waals surface area (Å²) in [5.74, 6) is 0.528. The second-order valence-corrected chi connectivity index (χ2v) is 12.8. The van der Waals surface area contributed by atoms with Crippen molar-refractivity contribution in [3.05, 3.63) is 162 Å². The minimum Gasteiger partial charge on any atom is -0.392 e.